The molecular weight excluding hydrogens is 458 g/mol. The van der Waals surface area contributed by atoms with Crippen molar-refractivity contribution in [1.82, 2.24) is 15.2 Å². The van der Waals surface area contributed by atoms with E-state index in [0.29, 0.717) is 25.9 Å². The van der Waals surface area contributed by atoms with Crippen LogP contribution in [0.3, 0.4) is 0 Å². The Bertz CT molecular complexity index is 1210. The second-order valence-corrected chi connectivity index (χ2v) is 12.5. The Morgan fingerprint density at radius 2 is 1.75 bits per heavy atom. The van der Waals surface area contributed by atoms with E-state index in [1.54, 1.807) is 11.1 Å². The number of hydrogen-bond donors (Lipinski definition) is 2. The Kier molecular flexibility index (Phi) is 6.19. The van der Waals surface area contributed by atoms with Gasteiger partial charge < -0.3 is 14.7 Å². The Hall–Kier alpha value is -3.00. The molecule has 2 aliphatic rings. The molecule has 0 spiro atoms. The number of imide groups is 1. The second kappa shape index (κ2) is 8.54. The molecule has 0 saturated carbocycles. The lowest BCUT2D eigenvalue weighted by molar-refractivity contribution is -0.200. The minimum atomic E-state index is -1.27. The highest BCUT2D eigenvalue weighted by Crippen LogP contribution is 2.55. The van der Waals surface area contributed by atoms with Crippen molar-refractivity contribution < 1.29 is 24.2 Å². The van der Waals surface area contributed by atoms with E-state index in [4.69, 9.17) is 4.74 Å². The largest absolute Gasteiger partial charge is 0.444 e. The van der Waals surface area contributed by atoms with Crippen molar-refractivity contribution in [3.05, 3.63) is 41.6 Å². The summed E-state index contributed by atoms with van der Waals surface area (Å²) in [4.78, 5) is 43.1. The number of fused-ring (bicyclic) bond motifs is 1. The fourth-order valence-corrected chi connectivity index (χ4v) is 5.97. The van der Waals surface area contributed by atoms with Crippen molar-refractivity contribution in [2.45, 2.75) is 78.4 Å². The van der Waals surface area contributed by atoms with Crippen molar-refractivity contribution >= 4 is 28.8 Å². The highest BCUT2D eigenvalue weighted by atomic mass is 16.6. The summed E-state index contributed by atoms with van der Waals surface area (Å²) >= 11 is 0. The molecule has 3 heterocycles. The van der Waals surface area contributed by atoms with Gasteiger partial charge in [-0.2, -0.15) is 0 Å². The zero-order valence-electron chi connectivity index (χ0n) is 22.3. The molecule has 0 aliphatic carbocycles. The molecule has 3 amide bonds. The van der Waals surface area contributed by atoms with Gasteiger partial charge in [-0.1, -0.05) is 33.8 Å². The van der Waals surface area contributed by atoms with Gasteiger partial charge in [0.2, 0.25) is 11.8 Å². The van der Waals surface area contributed by atoms with E-state index in [2.05, 4.69) is 10.3 Å². The number of likely N-dealkylation sites (tertiary alicyclic amines) is 1. The maximum atomic E-state index is 12.9. The maximum Gasteiger partial charge on any atom is 0.410 e. The van der Waals surface area contributed by atoms with Crippen LogP contribution in [-0.4, -0.2) is 51.6 Å². The summed E-state index contributed by atoms with van der Waals surface area (Å²) in [7, 11) is 0. The molecule has 8 heteroatoms. The van der Waals surface area contributed by atoms with Gasteiger partial charge in [-0.3, -0.25) is 19.9 Å². The molecule has 194 valence electrons. The maximum absolute atomic E-state index is 12.9. The number of piperidine rings is 2. The van der Waals surface area contributed by atoms with Gasteiger partial charge in [-0.05, 0) is 56.5 Å². The quantitative estimate of drug-likeness (QED) is 0.603. The van der Waals surface area contributed by atoms with Gasteiger partial charge in [0.25, 0.3) is 0 Å². The third-order valence-corrected chi connectivity index (χ3v) is 7.54. The van der Waals surface area contributed by atoms with E-state index in [1.165, 1.54) is 0 Å². The lowest BCUT2D eigenvalue weighted by atomic mass is 9.55. The normalized spacial score (nSPS) is 23.3. The summed E-state index contributed by atoms with van der Waals surface area (Å²) in [6, 6.07) is 7.63. The average Bonchev–Trinajstić information content (AvgIpc) is 2.75. The highest BCUT2D eigenvalue weighted by Gasteiger charge is 2.60. The first kappa shape index (κ1) is 26.1. The van der Waals surface area contributed by atoms with Crippen molar-refractivity contribution in [3.63, 3.8) is 0 Å². The summed E-state index contributed by atoms with van der Waals surface area (Å²) in [5, 5.41) is 15.6. The van der Waals surface area contributed by atoms with Crippen LogP contribution in [0.2, 0.25) is 0 Å². The molecule has 8 nitrogen and oxygen atoms in total. The molecule has 0 radical (unpaired) electrons. The fourth-order valence-electron chi connectivity index (χ4n) is 5.97. The number of aliphatic hydroxyl groups is 1. The first-order valence-electron chi connectivity index (χ1n) is 12.5. The van der Waals surface area contributed by atoms with Crippen LogP contribution in [0.15, 0.2) is 30.5 Å². The number of benzene rings is 1. The number of amides is 3. The van der Waals surface area contributed by atoms with Gasteiger partial charge in [0.15, 0.2) is 0 Å². The molecule has 36 heavy (non-hydrogen) atoms. The van der Waals surface area contributed by atoms with E-state index in [1.807, 2.05) is 72.7 Å². The molecule has 4 rings (SSSR count). The minimum Gasteiger partial charge on any atom is -0.444 e. The number of nitrogens with zero attached hydrogens (tertiary/aromatic N) is 2. The first-order valence-corrected chi connectivity index (χ1v) is 12.5. The number of aromatic nitrogens is 1. The lowest BCUT2D eigenvalue weighted by Crippen LogP contribution is -2.66. The Balaban J connectivity index is 1.71. The van der Waals surface area contributed by atoms with Crippen LogP contribution >= 0.6 is 0 Å². The Labute approximate surface area is 212 Å². The molecule has 2 saturated heterocycles. The van der Waals surface area contributed by atoms with E-state index < -0.39 is 27.9 Å². The van der Waals surface area contributed by atoms with Crippen LogP contribution in [0.25, 0.3) is 10.9 Å². The summed E-state index contributed by atoms with van der Waals surface area (Å²) in [6.45, 7) is 14.0. The third-order valence-electron chi connectivity index (χ3n) is 7.54. The Morgan fingerprint density at radius 3 is 2.33 bits per heavy atom. The topological polar surface area (TPSA) is 109 Å². The summed E-state index contributed by atoms with van der Waals surface area (Å²) in [5.41, 5.74) is -1.05. The van der Waals surface area contributed by atoms with Gasteiger partial charge in [0.05, 0.1) is 11.4 Å². The first-order chi connectivity index (χ1) is 16.5. The molecule has 2 aromatic rings. The Morgan fingerprint density at radius 1 is 1.11 bits per heavy atom. The van der Waals surface area contributed by atoms with Crippen molar-refractivity contribution in [2.24, 2.45) is 10.8 Å². The van der Waals surface area contributed by atoms with Gasteiger partial charge in [-0.15, -0.1) is 0 Å². The number of pyridine rings is 1. The molecular formula is C28H37N3O5. The predicted molar refractivity (Wildman–Crippen MR) is 136 cm³/mol. The number of hydrogen-bond acceptors (Lipinski definition) is 6. The smallest absolute Gasteiger partial charge is 0.410 e. The van der Waals surface area contributed by atoms with Crippen molar-refractivity contribution in [2.75, 3.05) is 13.1 Å². The average molecular weight is 496 g/mol. The van der Waals surface area contributed by atoms with Crippen LogP contribution < -0.4 is 5.32 Å². The number of ether oxygens (including phenoxy) is 1. The highest BCUT2D eigenvalue weighted by molar-refractivity contribution is 6.01. The standard InChI is InChI=1S/C28H37N3O5/c1-25(2,3)36-24(34)31-15-26(4,5)28(35,27(6,7)16-31)19-8-10-21-17(13-19)12-18(14-29-21)20-9-11-22(32)30-23(20)33/h8,10,12-14,20,35H,9,11,15-16H2,1-7H3,(H,30,32,33). The van der Waals surface area contributed by atoms with Crippen LogP contribution in [0.4, 0.5) is 4.79 Å². The molecule has 2 aliphatic heterocycles. The zero-order valence-corrected chi connectivity index (χ0v) is 22.3. The summed E-state index contributed by atoms with van der Waals surface area (Å²) in [6.07, 6.45) is 2.04. The molecule has 2 fully saturated rings. The number of rotatable bonds is 2. The summed E-state index contributed by atoms with van der Waals surface area (Å²) < 4.78 is 5.62. The van der Waals surface area contributed by atoms with Crippen LogP contribution in [0, 0.1) is 10.8 Å². The van der Waals surface area contributed by atoms with Gasteiger partial charge in [0, 0.05) is 41.9 Å². The van der Waals surface area contributed by atoms with Gasteiger partial charge >= 0.3 is 6.09 Å². The third kappa shape index (κ3) is 4.47. The number of carbonyl (C=O) groups excluding carboxylic acids is 3. The molecule has 2 N–H and O–H groups in total. The molecule has 0 bridgehead atoms. The minimum absolute atomic E-state index is 0.253. The molecule has 1 atom stereocenters. The monoisotopic (exact) mass is 495 g/mol. The zero-order chi connectivity index (χ0) is 26.7. The van der Waals surface area contributed by atoms with Crippen molar-refractivity contribution in [1.29, 1.82) is 0 Å². The van der Waals surface area contributed by atoms with Gasteiger partial charge in [-0.25, -0.2) is 4.79 Å². The summed E-state index contributed by atoms with van der Waals surface area (Å²) in [5.74, 6) is -0.994. The predicted octanol–water partition coefficient (Wildman–Crippen LogP) is 4.25. The van der Waals surface area contributed by atoms with Crippen LogP contribution in [0.5, 0.6) is 0 Å². The van der Waals surface area contributed by atoms with Crippen molar-refractivity contribution in [3.8, 4) is 0 Å². The molecule has 1 aromatic carbocycles. The fraction of sp³-hybridized carbons (Fsp3) is 0.571. The van der Waals surface area contributed by atoms with Gasteiger partial charge in [0.1, 0.15) is 11.2 Å². The molecule has 1 unspecified atom stereocenters. The number of nitrogens with one attached hydrogen (secondary N) is 1. The van der Waals surface area contributed by atoms with E-state index in [0.717, 1.165) is 22.0 Å². The molecule has 1 aromatic heterocycles. The lowest BCUT2D eigenvalue weighted by Gasteiger charge is -2.59. The van der Waals surface area contributed by atoms with E-state index >= 15 is 0 Å². The van der Waals surface area contributed by atoms with Crippen LogP contribution in [-0.2, 0) is 19.9 Å². The van der Waals surface area contributed by atoms with E-state index in [9.17, 15) is 19.5 Å². The van der Waals surface area contributed by atoms with E-state index in [-0.39, 0.29) is 17.9 Å². The number of carbonyl (C=O) groups is 3. The van der Waals surface area contributed by atoms with Crippen LogP contribution in [0.1, 0.15) is 78.4 Å². The second-order valence-electron chi connectivity index (χ2n) is 12.5. The SMILES string of the molecule is CC(C)(C)OC(=O)N1CC(C)(C)C(O)(c2ccc3ncc(C4CCC(=O)NC4=O)cc3c2)C(C)(C)C1.